The number of hydrogen-bond acceptors (Lipinski definition) is 3. The van der Waals surface area contributed by atoms with E-state index in [1.54, 1.807) is 6.92 Å². The van der Waals surface area contributed by atoms with Crippen LogP contribution >= 0.6 is 0 Å². The summed E-state index contributed by atoms with van der Waals surface area (Å²) in [5, 5.41) is 0. The second-order valence-corrected chi connectivity index (χ2v) is 9.46. The Morgan fingerprint density at radius 1 is 1.17 bits per heavy atom. The van der Waals surface area contributed by atoms with Crippen molar-refractivity contribution >= 4 is 15.9 Å². The van der Waals surface area contributed by atoms with E-state index in [2.05, 4.69) is 25.5 Å². The largest absolute Gasteiger partial charge is 0.339 e. The number of benzene rings is 1. The monoisotopic (exact) mass is 352 g/mol. The fourth-order valence-electron chi connectivity index (χ4n) is 2.83. The van der Waals surface area contributed by atoms with Gasteiger partial charge in [-0.3, -0.25) is 4.79 Å². The van der Waals surface area contributed by atoms with Crippen molar-refractivity contribution in [2.45, 2.75) is 52.0 Å². The Balaban J connectivity index is 1.95. The van der Waals surface area contributed by atoms with Gasteiger partial charge in [0.25, 0.3) is 5.91 Å². The maximum atomic E-state index is 12.6. The predicted molar refractivity (Wildman–Crippen MR) is 96.7 cm³/mol. The molecule has 1 aliphatic heterocycles. The fraction of sp³-hybridized carbons (Fsp3) is 0.611. The summed E-state index contributed by atoms with van der Waals surface area (Å²) in [6.07, 6.45) is 1.32. The second-order valence-electron chi connectivity index (χ2n) is 7.42. The third-order valence-corrected chi connectivity index (χ3v) is 5.96. The van der Waals surface area contributed by atoms with E-state index in [4.69, 9.17) is 0 Å². The average molecular weight is 353 g/mol. The first-order chi connectivity index (χ1) is 11.1. The Labute approximate surface area is 145 Å². The van der Waals surface area contributed by atoms with Gasteiger partial charge in [0.1, 0.15) is 0 Å². The lowest BCUT2D eigenvalue weighted by Crippen LogP contribution is -2.46. The van der Waals surface area contributed by atoms with Crippen molar-refractivity contribution in [3.63, 3.8) is 0 Å². The van der Waals surface area contributed by atoms with E-state index in [1.165, 1.54) is 5.56 Å². The Morgan fingerprint density at radius 3 is 2.17 bits per heavy atom. The third kappa shape index (κ3) is 4.80. The summed E-state index contributed by atoms with van der Waals surface area (Å²) in [5.74, 6) is 0.110. The van der Waals surface area contributed by atoms with Crippen LogP contribution in [0.2, 0.25) is 0 Å². The molecule has 1 aliphatic rings. The summed E-state index contributed by atoms with van der Waals surface area (Å²) in [4.78, 5) is 14.4. The summed E-state index contributed by atoms with van der Waals surface area (Å²) in [7, 11) is -3.18. The van der Waals surface area contributed by atoms with Gasteiger partial charge in [-0.25, -0.2) is 13.1 Å². The smallest absolute Gasteiger partial charge is 0.253 e. The van der Waals surface area contributed by atoms with Gasteiger partial charge in [-0.2, -0.15) is 0 Å². The number of nitrogens with zero attached hydrogens (tertiary/aromatic N) is 1. The van der Waals surface area contributed by atoms with Crippen molar-refractivity contribution in [3.8, 4) is 0 Å². The van der Waals surface area contributed by atoms with E-state index in [1.807, 2.05) is 29.2 Å². The molecule has 5 nitrogen and oxygen atoms in total. The number of sulfonamides is 1. The number of piperidine rings is 1. The number of hydrogen-bond donors (Lipinski definition) is 1. The minimum Gasteiger partial charge on any atom is -0.339 e. The van der Waals surface area contributed by atoms with Crippen LogP contribution in [0.3, 0.4) is 0 Å². The molecule has 1 fully saturated rings. The highest BCUT2D eigenvalue weighted by Crippen LogP contribution is 2.23. The first-order valence-electron chi connectivity index (χ1n) is 8.52. The highest BCUT2D eigenvalue weighted by molar-refractivity contribution is 7.89. The lowest BCUT2D eigenvalue weighted by molar-refractivity contribution is 0.0711. The van der Waals surface area contributed by atoms with Gasteiger partial charge in [0.15, 0.2) is 0 Å². The number of likely N-dealkylation sites (tertiary alicyclic amines) is 1. The molecule has 0 bridgehead atoms. The fourth-order valence-corrected chi connectivity index (χ4v) is 3.74. The zero-order valence-corrected chi connectivity index (χ0v) is 15.8. The van der Waals surface area contributed by atoms with Crippen LogP contribution in [0.5, 0.6) is 0 Å². The van der Waals surface area contributed by atoms with Crippen LogP contribution in [0.15, 0.2) is 24.3 Å². The van der Waals surface area contributed by atoms with E-state index >= 15 is 0 Å². The number of carbonyl (C=O) groups excluding carboxylic acids is 1. The number of nitrogens with one attached hydrogen (secondary N) is 1. The average Bonchev–Trinajstić information content (AvgIpc) is 2.54. The summed E-state index contributed by atoms with van der Waals surface area (Å²) < 4.78 is 26.0. The Bertz CT molecular complexity index is 667. The van der Waals surface area contributed by atoms with Gasteiger partial charge < -0.3 is 4.90 Å². The molecule has 0 unspecified atom stereocenters. The number of carbonyl (C=O) groups is 1. The molecule has 1 heterocycles. The Morgan fingerprint density at radius 2 is 1.71 bits per heavy atom. The molecule has 1 saturated heterocycles. The second kappa shape index (κ2) is 7.23. The van der Waals surface area contributed by atoms with Crippen molar-refractivity contribution in [1.82, 2.24) is 9.62 Å². The van der Waals surface area contributed by atoms with E-state index in [0.717, 1.165) is 0 Å². The maximum absolute atomic E-state index is 12.6. The van der Waals surface area contributed by atoms with Crippen LogP contribution in [0, 0.1) is 0 Å². The lowest BCUT2D eigenvalue weighted by atomic mass is 9.86. The summed E-state index contributed by atoms with van der Waals surface area (Å²) in [6, 6.07) is 7.72. The molecule has 0 aliphatic carbocycles. The highest BCUT2D eigenvalue weighted by Gasteiger charge is 2.26. The highest BCUT2D eigenvalue weighted by atomic mass is 32.2. The Hall–Kier alpha value is -1.40. The quantitative estimate of drug-likeness (QED) is 0.905. The Kier molecular flexibility index (Phi) is 5.71. The zero-order valence-electron chi connectivity index (χ0n) is 15.0. The van der Waals surface area contributed by atoms with E-state index in [9.17, 15) is 13.2 Å². The molecule has 1 amide bonds. The predicted octanol–water partition coefficient (Wildman–Crippen LogP) is 2.53. The van der Waals surface area contributed by atoms with E-state index < -0.39 is 10.0 Å². The van der Waals surface area contributed by atoms with Crippen LogP contribution in [-0.2, 0) is 15.4 Å². The minimum absolute atomic E-state index is 0.0206. The first kappa shape index (κ1) is 18.9. The summed E-state index contributed by atoms with van der Waals surface area (Å²) in [6.45, 7) is 9.22. The molecular weight excluding hydrogens is 324 g/mol. The molecule has 0 atom stereocenters. The van der Waals surface area contributed by atoms with Gasteiger partial charge in [-0.1, -0.05) is 32.9 Å². The standard InChI is InChI=1S/C18H28N2O3S/c1-5-24(22,23)19-16-10-12-20(13-11-16)17(21)14-6-8-15(9-7-14)18(2,3)4/h6-9,16,19H,5,10-13H2,1-4H3. The van der Waals surface area contributed by atoms with Crippen molar-refractivity contribution in [2.75, 3.05) is 18.8 Å². The maximum Gasteiger partial charge on any atom is 0.253 e. The molecule has 1 aromatic carbocycles. The van der Waals surface area contributed by atoms with Crippen LogP contribution in [0.25, 0.3) is 0 Å². The third-order valence-electron chi connectivity index (χ3n) is 4.51. The molecule has 0 aromatic heterocycles. The van der Waals surface area contributed by atoms with Gasteiger partial charge >= 0.3 is 0 Å². The van der Waals surface area contributed by atoms with Crippen LogP contribution in [0.1, 0.15) is 56.5 Å². The molecule has 1 aromatic rings. The minimum atomic E-state index is -3.18. The molecular formula is C18H28N2O3S. The number of rotatable bonds is 4. The molecule has 6 heteroatoms. The van der Waals surface area contributed by atoms with Crippen LogP contribution in [0.4, 0.5) is 0 Å². The van der Waals surface area contributed by atoms with Crippen LogP contribution < -0.4 is 4.72 Å². The topological polar surface area (TPSA) is 66.5 Å². The number of amides is 1. The van der Waals surface area contributed by atoms with E-state index in [0.29, 0.717) is 31.5 Å². The van der Waals surface area contributed by atoms with Gasteiger partial charge in [-0.15, -0.1) is 0 Å². The molecule has 24 heavy (non-hydrogen) atoms. The van der Waals surface area contributed by atoms with Gasteiger partial charge in [0, 0.05) is 24.7 Å². The molecule has 0 radical (unpaired) electrons. The zero-order chi connectivity index (χ0) is 18.0. The van der Waals surface area contributed by atoms with Gasteiger partial charge in [0.05, 0.1) is 5.75 Å². The molecule has 0 spiro atoms. The molecule has 0 saturated carbocycles. The van der Waals surface area contributed by atoms with Crippen molar-refractivity contribution in [1.29, 1.82) is 0 Å². The first-order valence-corrected chi connectivity index (χ1v) is 10.2. The summed E-state index contributed by atoms with van der Waals surface area (Å²) in [5.41, 5.74) is 1.96. The normalized spacial score (nSPS) is 17.1. The molecule has 1 N–H and O–H groups in total. The van der Waals surface area contributed by atoms with Gasteiger partial charge in [0.2, 0.25) is 10.0 Å². The van der Waals surface area contributed by atoms with E-state index in [-0.39, 0.29) is 23.1 Å². The molecule has 2 rings (SSSR count). The molecule has 134 valence electrons. The van der Waals surface area contributed by atoms with Gasteiger partial charge in [-0.05, 0) is 42.9 Å². The lowest BCUT2D eigenvalue weighted by Gasteiger charge is -2.32. The van der Waals surface area contributed by atoms with Crippen LogP contribution in [-0.4, -0.2) is 44.1 Å². The van der Waals surface area contributed by atoms with Crippen molar-refractivity contribution in [2.24, 2.45) is 0 Å². The van der Waals surface area contributed by atoms with Crippen molar-refractivity contribution in [3.05, 3.63) is 35.4 Å². The summed E-state index contributed by atoms with van der Waals surface area (Å²) >= 11 is 0. The van der Waals surface area contributed by atoms with Crippen molar-refractivity contribution < 1.29 is 13.2 Å². The SMILES string of the molecule is CCS(=O)(=O)NC1CCN(C(=O)c2ccc(C(C)(C)C)cc2)CC1.